The Morgan fingerprint density at radius 1 is 1.06 bits per heavy atom. The van der Waals surface area contributed by atoms with Crippen molar-refractivity contribution in [3.05, 3.63) is 66.2 Å². The minimum Gasteiger partial charge on any atom is -0.483 e. The molecule has 1 fully saturated rings. The topological polar surface area (TPSA) is 60.3 Å². The molecule has 0 radical (unpaired) electrons. The number of thioether (sulfide) groups is 1. The SMILES string of the molecule is C[C@@H]1CCC[C@@H](C)N1C(=O)CSc1nnc(COc2ccccc2F)n1-c1ccccc1. The van der Waals surface area contributed by atoms with Gasteiger partial charge in [-0.05, 0) is 57.4 Å². The molecule has 2 aromatic carbocycles. The summed E-state index contributed by atoms with van der Waals surface area (Å²) < 4.78 is 21.5. The van der Waals surface area contributed by atoms with Crippen LogP contribution in [0.25, 0.3) is 5.69 Å². The largest absolute Gasteiger partial charge is 0.483 e. The van der Waals surface area contributed by atoms with Crippen LogP contribution in [0.5, 0.6) is 5.75 Å². The van der Waals surface area contributed by atoms with E-state index in [9.17, 15) is 9.18 Å². The molecule has 32 heavy (non-hydrogen) atoms. The number of carbonyl (C=O) groups excluding carboxylic acids is 1. The van der Waals surface area contributed by atoms with E-state index in [0.717, 1.165) is 24.9 Å². The summed E-state index contributed by atoms with van der Waals surface area (Å²) in [6, 6.07) is 16.4. The minimum absolute atomic E-state index is 0.0531. The van der Waals surface area contributed by atoms with Gasteiger partial charge in [0.1, 0.15) is 6.61 Å². The normalized spacial score (nSPS) is 18.5. The van der Waals surface area contributed by atoms with E-state index in [1.807, 2.05) is 39.8 Å². The number of hydrogen-bond acceptors (Lipinski definition) is 5. The van der Waals surface area contributed by atoms with Gasteiger partial charge in [-0.1, -0.05) is 42.1 Å². The van der Waals surface area contributed by atoms with Crippen LogP contribution in [-0.4, -0.2) is 43.4 Å². The zero-order valence-corrected chi connectivity index (χ0v) is 19.1. The number of ether oxygens (including phenoxy) is 1. The van der Waals surface area contributed by atoms with Gasteiger partial charge in [0.2, 0.25) is 5.91 Å². The van der Waals surface area contributed by atoms with Crippen molar-refractivity contribution in [2.75, 3.05) is 5.75 Å². The maximum absolute atomic E-state index is 14.0. The Labute approximate surface area is 191 Å². The van der Waals surface area contributed by atoms with Crippen molar-refractivity contribution in [1.82, 2.24) is 19.7 Å². The van der Waals surface area contributed by atoms with Gasteiger partial charge < -0.3 is 9.64 Å². The lowest BCUT2D eigenvalue weighted by Crippen LogP contribution is -2.48. The molecule has 2 atom stereocenters. The van der Waals surface area contributed by atoms with Crippen molar-refractivity contribution in [2.45, 2.75) is 57.0 Å². The molecule has 0 saturated carbocycles. The van der Waals surface area contributed by atoms with Crippen LogP contribution in [0, 0.1) is 5.82 Å². The second-order valence-electron chi connectivity index (χ2n) is 8.01. The number of halogens is 1. The number of nitrogens with zero attached hydrogens (tertiary/aromatic N) is 4. The predicted octanol–water partition coefficient (Wildman–Crippen LogP) is 4.87. The van der Waals surface area contributed by atoms with Gasteiger partial charge in [0, 0.05) is 17.8 Å². The zero-order chi connectivity index (χ0) is 22.5. The third-order valence-electron chi connectivity index (χ3n) is 5.71. The number of hydrogen-bond donors (Lipinski definition) is 0. The molecule has 4 rings (SSSR count). The molecule has 6 nitrogen and oxygen atoms in total. The molecule has 1 amide bonds. The lowest BCUT2D eigenvalue weighted by Gasteiger charge is -2.39. The highest BCUT2D eigenvalue weighted by Crippen LogP contribution is 2.27. The minimum atomic E-state index is -0.428. The van der Waals surface area contributed by atoms with Crippen molar-refractivity contribution in [2.24, 2.45) is 0 Å². The molecule has 3 aromatic rings. The average Bonchev–Trinajstić information content (AvgIpc) is 3.20. The molecule has 0 aliphatic carbocycles. The van der Waals surface area contributed by atoms with E-state index in [1.165, 1.54) is 17.8 Å². The molecule has 0 unspecified atom stereocenters. The van der Waals surface area contributed by atoms with Crippen LogP contribution < -0.4 is 4.74 Å². The van der Waals surface area contributed by atoms with Gasteiger partial charge in [-0.15, -0.1) is 10.2 Å². The number of para-hydroxylation sites is 2. The second-order valence-corrected chi connectivity index (χ2v) is 8.95. The molecule has 1 saturated heterocycles. The first-order chi connectivity index (χ1) is 15.5. The van der Waals surface area contributed by atoms with Gasteiger partial charge in [0.05, 0.1) is 5.75 Å². The predicted molar refractivity (Wildman–Crippen MR) is 122 cm³/mol. The van der Waals surface area contributed by atoms with Crippen LogP contribution >= 0.6 is 11.8 Å². The van der Waals surface area contributed by atoms with Crippen LogP contribution in [0.4, 0.5) is 4.39 Å². The third-order valence-corrected chi connectivity index (χ3v) is 6.63. The first kappa shape index (κ1) is 22.3. The van der Waals surface area contributed by atoms with E-state index in [0.29, 0.717) is 11.0 Å². The van der Waals surface area contributed by atoms with Crippen LogP contribution in [0.15, 0.2) is 59.8 Å². The number of rotatable bonds is 7. The van der Waals surface area contributed by atoms with Gasteiger partial charge in [-0.25, -0.2) is 4.39 Å². The van der Waals surface area contributed by atoms with E-state index in [-0.39, 0.29) is 36.1 Å². The quantitative estimate of drug-likeness (QED) is 0.477. The highest BCUT2D eigenvalue weighted by atomic mass is 32.2. The fourth-order valence-electron chi connectivity index (χ4n) is 4.14. The van der Waals surface area contributed by atoms with E-state index in [2.05, 4.69) is 24.0 Å². The van der Waals surface area contributed by atoms with Crippen molar-refractivity contribution >= 4 is 17.7 Å². The van der Waals surface area contributed by atoms with Crippen molar-refractivity contribution < 1.29 is 13.9 Å². The number of carbonyl (C=O) groups is 1. The first-order valence-corrected chi connectivity index (χ1v) is 11.8. The summed E-state index contributed by atoms with van der Waals surface area (Å²) in [5.41, 5.74) is 0.860. The number of aromatic nitrogens is 3. The molecule has 0 N–H and O–H groups in total. The van der Waals surface area contributed by atoms with Crippen LogP contribution in [0.2, 0.25) is 0 Å². The summed E-state index contributed by atoms with van der Waals surface area (Å²) in [5, 5.41) is 9.20. The molecular weight excluding hydrogens is 427 g/mol. The van der Waals surface area contributed by atoms with Gasteiger partial charge in [0.25, 0.3) is 0 Å². The lowest BCUT2D eigenvalue weighted by molar-refractivity contribution is -0.134. The van der Waals surface area contributed by atoms with Crippen molar-refractivity contribution in [3.63, 3.8) is 0 Å². The highest BCUT2D eigenvalue weighted by Gasteiger charge is 2.29. The lowest BCUT2D eigenvalue weighted by atomic mass is 9.98. The summed E-state index contributed by atoms with van der Waals surface area (Å²) in [6.07, 6.45) is 3.24. The maximum atomic E-state index is 14.0. The average molecular weight is 455 g/mol. The summed E-state index contributed by atoms with van der Waals surface area (Å²) in [7, 11) is 0. The Morgan fingerprint density at radius 3 is 2.47 bits per heavy atom. The standard InChI is InChI=1S/C24H27FN4O2S/c1-17-9-8-10-18(2)28(17)23(30)16-32-24-27-26-22(29(24)19-11-4-3-5-12-19)15-31-21-14-7-6-13-20(21)25/h3-7,11-14,17-18H,8-10,15-16H2,1-2H3/t17-,18-/m1/s1. The first-order valence-electron chi connectivity index (χ1n) is 10.9. The smallest absolute Gasteiger partial charge is 0.233 e. The van der Waals surface area contributed by atoms with E-state index in [4.69, 9.17) is 4.74 Å². The van der Waals surface area contributed by atoms with E-state index in [1.54, 1.807) is 18.2 Å². The molecular formula is C24H27FN4O2S. The number of piperidine rings is 1. The monoisotopic (exact) mass is 454 g/mol. The molecule has 0 bridgehead atoms. The fraction of sp³-hybridized carbons (Fsp3) is 0.375. The number of likely N-dealkylation sites (tertiary alicyclic amines) is 1. The summed E-state index contributed by atoms with van der Waals surface area (Å²) in [5.74, 6) is 0.666. The van der Waals surface area contributed by atoms with Crippen molar-refractivity contribution in [1.29, 1.82) is 0 Å². The molecule has 168 valence electrons. The Hall–Kier alpha value is -2.87. The zero-order valence-electron chi connectivity index (χ0n) is 18.3. The Bertz CT molecular complexity index is 1050. The van der Waals surface area contributed by atoms with E-state index >= 15 is 0 Å². The molecule has 8 heteroatoms. The molecule has 2 heterocycles. The Balaban J connectivity index is 1.53. The molecule has 1 aliphatic rings. The Kier molecular flexibility index (Phi) is 7.09. The van der Waals surface area contributed by atoms with Gasteiger partial charge >= 0.3 is 0 Å². The summed E-state index contributed by atoms with van der Waals surface area (Å²) >= 11 is 1.36. The third kappa shape index (κ3) is 4.96. The second kappa shape index (κ2) is 10.2. The molecule has 1 aromatic heterocycles. The highest BCUT2D eigenvalue weighted by molar-refractivity contribution is 7.99. The molecule has 0 spiro atoms. The number of amides is 1. The van der Waals surface area contributed by atoms with E-state index < -0.39 is 5.82 Å². The van der Waals surface area contributed by atoms with Gasteiger partial charge in [-0.2, -0.15) is 0 Å². The van der Waals surface area contributed by atoms with Crippen LogP contribution in [0.1, 0.15) is 38.9 Å². The Morgan fingerprint density at radius 2 is 1.75 bits per heavy atom. The summed E-state index contributed by atoms with van der Waals surface area (Å²) in [6.45, 7) is 4.28. The fourth-order valence-corrected chi connectivity index (χ4v) is 4.98. The van der Waals surface area contributed by atoms with Crippen molar-refractivity contribution in [3.8, 4) is 11.4 Å². The van der Waals surface area contributed by atoms with Crippen LogP contribution in [-0.2, 0) is 11.4 Å². The van der Waals surface area contributed by atoms with Crippen LogP contribution in [0.3, 0.4) is 0 Å². The maximum Gasteiger partial charge on any atom is 0.233 e. The molecule has 1 aliphatic heterocycles. The van der Waals surface area contributed by atoms with Gasteiger partial charge in [0.15, 0.2) is 22.5 Å². The number of benzene rings is 2. The summed E-state index contributed by atoms with van der Waals surface area (Å²) in [4.78, 5) is 15.0. The van der Waals surface area contributed by atoms with Gasteiger partial charge in [-0.3, -0.25) is 9.36 Å².